The summed E-state index contributed by atoms with van der Waals surface area (Å²) in [5.41, 5.74) is -0.116. The van der Waals surface area contributed by atoms with Crippen molar-refractivity contribution in [2.24, 2.45) is 0 Å². The van der Waals surface area contributed by atoms with Crippen LogP contribution in [-0.2, 0) is 0 Å². The van der Waals surface area contributed by atoms with Crippen molar-refractivity contribution in [2.45, 2.75) is 0 Å². The molecule has 0 amide bonds. The van der Waals surface area contributed by atoms with Crippen LogP contribution in [0.5, 0.6) is 0 Å². The van der Waals surface area contributed by atoms with Crippen molar-refractivity contribution in [2.75, 3.05) is 0 Å². The number of nitrogens with one attached hydrogen (secondary N) is 1. The van der Waals surface area contributed by atoms with Gasteiger partial charge >= 0.3 is 0 Å². The minimum Gasteiger partial charge on any atom is -0.322 e. The van der Waals surface area contributed by atoms with Crippen molar-refractivity contribution in [3.63, 3.8) is 0 Å². The minimum atomic E-state index is -0.116. The Bertz CT molecular complexity index is 480. The molecule has 13 heavy (non-hydrogen) atoms. The molecule has 0 aliphatic carbocycles. The minimum absolute atomic E-state index is 0.116. The molecule has 1 aromatic rings. The molecule has 0 bridgehead atoms. The van der Waals surface area contributed by atoms with Gasteiger partial charge in [-0.05, 0) is 17.4 Å². The zero-order valence-electron chi connectivity index (χ0n) is 7.29. The summed E-state index contributed by atoms with van der Waals surface area (Å²) in [6.07, 6.45) is 6.88. The lowest BCUT2D eigenvalue weighted by Gasteiger charge is -1.87. The normalized spacial score (nSPS) is 12.9. The molecule has 0 aliphatic heterocycles. The maximum atomic E-state index is 11.0. The smallest absolute Gasteiger partial charge is 0.248 e. The van der Waals surface area contributed by atoms with Gasteiger partial charge in [0.25, 0.3) is 0 Å². The molecule has 1 N–H and O–H groups in total. The Morgan fingerprint density at radius 2 is 1.85 bits per heavy atom. The summed E-state index contributed by atoms with van der Waals surface area (Å²) in [5.74, 6) is 0. The molecule has 0 unspecified atom stereocenters. The van der Waals surface area contributed by atoms with Gasteiger partial charge in [-0.2, -0.15) is 0 Å². The number of pyridine rings is 1. The average Bonchev–Trinajstić information content (AvgIpc) is 2.10. The zero-order chi connectivity index (χ0) is 9.68. The molecule has 2 nitrogen and oxygen atoms in total. The van der Waals surface area contributed by atoms with Crippen LogP contribution in [-0.4, -0.2) is 4.98 Å². The first-order valence-corrected chi connectivity index (χ1v) is 3.93. The zero-order valence-corrected chi connectivity index (χ0v) is 7.29. The van der Waals surface area contributed by atoms with Crippen molar-refractivity contribution >= 4 is 12.2 Å². The van der Waals surface area contributed by atoms with Gasteiger partial charge in [-0.3, -0.25) is 4.79 Å². The Kier molecular flexibility index (Phi) is 3.03. The summed E-state index contributed by atoms with van der Waals surface area (Å²) in [5, 5.41) is 1.68. The summed E-state index contributed by atoms with van der Waals surface area (Å²) < 4.78 is 0. The molecule has 0 atom stereocenters. The summed E-state index contributed by atoms with van der Waals surface area (Å²) >= 11 is 0. The van der Waals surface area contributed by atoms with Gasteiger partial charge < -0.3 is 4.98 Å². The highest BCUT2D eigenvalue weighted by molar-refractivity contribution is 5.39. The topological polar surface area (TPSA) is 32.9 Å². The van der Waals surface area contributed by atoms with Crippen molar-refractivity contribution in [3.05, 3.63) is 58.4 Å². The lowest BCUT2D eigenvalue weighted by atomic mass is 10.3. The Balaban J connectivity index is 3.63. The number of aromatic nitrogens is 1. The summed E-state index contributed by atoms with van der Waals surface area (Å²) in [7, 11) is 0. The first-order chi connectivity index (χ1) is 6.27. The summed E-state index contributed by atoms with van der Waals surface area (Å²) in [6, 6.07) is 3.23. The van der Waals surface area contributed by atoms with Crippen LogP contribution in [0, 0.1) is 0 Å². The van der Waals surface area contributed by atoms with E-state index < -0.39 is 0 Å². The third-order valence-corrected chi connectivity index (χ3v) is 1.57. The van der Waals surface area contributed by atoms with Crippen LogP contribution in [0.2, 0.25) is 0 Å². The number of rotatable bonds is 2. The monoisotopic (exact) mass is 173 g/mol. The van der Waals surface area contributed by atoms with Crippen LogP contribution in [0.4, 0.5) is 0 Å². The molecule has 1 aromatic heterocycles. The number of allylic oxidation sites excluding steroid dienone is 2. The Labute approximate surface area is 76.2 Å². The van der Waals surface area contributed by atoms with E-state index in [0.717, 1.165) is 10.6 Å². The molecule has 0 aromatic carbocycles. The van der Waals surface area contributed by atoms with Gasteiger partial charge in [0.15, 0.2) is 0 Å². The van der Waals surface area contributed by atoms with Crippen molar-refractivity contribution < 1.29 is 0 Å². The van der Waals surface area contributed by atoms with Crippen molar-refractivity contribution in [1.82, 2.24) is 4.98 Å². The largest absolute Gasteiger partial charge is 0.322 e. The predicted octanol–water partition coefficient (Wildman–Crippen LogP) is 0.308. The van der Waals surface area contributed by atoms with Crippen molar-refractivity contribution in [1.29, 1.82) is 0 Å². The summed E-state index contributed by atoms with van der Waals surface area (Å²) in [4.78, 5) is 13.7. The molecule has 0 saturated carbocycles. The molecular weight excluding hydrogens is 162 g/mol. The van der Waals surface area contributed by atoms with Crippen LogP contribution in [0.1, 0.15) is 0 Å². The number of H-pyrrole nitrogens is 1. The molecule has 0 aliphatic rings. The molecule has 0 fully saturated rings. The Hall–Kier alpha value is -1.83. The standard InChI is InChI=1S/C11H11NO/c1-3-5-9-7-8-11(13)12-10(9)6-4-2/h3-8H,1-2H2,(H,12,13)/b9-5-,10-6+. The second-order valence-electron chi connectivity index (χ2n) is 2.50. The van der Waals surface area contributed by atoms with Crippen LogP contribution >= 0.6 is 0 Å². The fourth-order valence-corrected chi connectivity index (χ4v) is 1.03. The molecule has 0 spiro atoms. The highest BCUT2D eigenvalue weighted by Crippen LogP contribution is 1.66. The van der Waals surface area contributed by atoms with Crippen molar-refractivity contribution in [3.8, 4) is 0 Å². The quantitative estimate of drug-likeness (QED) is 0.686. The molecule has 0 radical (unpaired) electrons. The second kappa shape index (κ2) is 4.26. The highest BCUT2D eigenvalue weighted by Gasteiger charge is 1.84. The van der Waals surface area contributed by atoms with Gasteiger partial charge in [-0.25, -0.2) is 0 Å². The molecule has 66 valence electrons. The van der Waals surface area contributed by atoms with E-state index in [4.69, 9.17) is 0 Å². The first-order valence-electron chi connectivity index (χ1n) is 3.93. The van der Waals surface area contributed by atoms with Crippen LogP contribution < -0.4 is 16.1 Å². The van der Waals surface area contributed by atoms with E-state index >= 15 is 0 Å². The Morgan fingerprint density at radius 1 is 1.15 bits per heavy atom. The fraction of sp³-hybridized carbons (Fsp3) is 0. The molecule has 0 saturated heterocycles. The number of aromatic amines is 1. The van der Waals surface area contributed by atoms with Gasteiger partial charge in [0.05, 0.1) is 0 Å². The molecular formula is C11H11NO. The maximum Gasteiger partial charge on any atom is 0.248 e. The number of hydrogen-bond donors (Lipinski definition) is 1. The van der Waals surface area contributed by atoms with Crippen LogP contribution in [0.15, 0.2) is 42.2 Å². The molecule has 2 heteroatoms. The van der Waals surface area contributed by atoms with E-state index in [1.54, 1.807) is 24.3 Å². The van der Waals surface area contributed by atoms with E-state index in [1.807, 2.05) is 6.08 Å². The SMILES string of the molecule is C=C/C=c1/ccc(=O)[nH]/c1=C/C=C. The van der Waals surface area contributed by atoms with E-state index in [1.165, 1.54) is 6.07 Å². The third kappa shape index (κ3) is 2.30. The average molecular weight is 173 g/mol. The lowest BCUT2D eigenvalue weighted by Crippen LogP contribution is -2.33. The van der Waals surface area contributed by atoms with Gasteiger partial charge in [0, 0.05) is 11.4 Å². The van der Waals surface area contributed by atoms with Crippen LogP contribution in [0.25, 0.3) is 12.2 Å². The second-order valence-corrected chi connectivity index (χ2v) is 2.50. The molecule has 1 heterocycles. The van der Waals surface area contributed by atoms with Gasteiger partial charge in [0.1, 0.15) is 0 Å². The number of hydrogen-bond acceptors (Lipinski definition) is 1. The van der Waals surface area contributed by atoms with E-state index in [-0.39, 0.29) is 5.56 Å². The maximum absolute atomic E-state index is 11.0. The molecule has 1 rings (SSSR count). The lowest BCUT2D eigenvalue weighted by molar-refractivity contribution is 1.16. The first kappa shape index (κ1) is 9.26. The van der Waals surface area contributed by atoms with Gasteiger partial charge in [-0.1, -0.05) is 31.4 Å². The van der Waals surface area contributed by atoms with E-state index in [9.17, 15) is 4.79 Å². The highest BCUT2D eigenvalue weighted by atomic mass is 16.1. The predicted molar refractivity (Wildman–Crippen MR) is 55.6 cm³/mol. The van der Waals surface area contributed by atoms with E-state index in [0.29, 0.717) is 0 Å². The van der Waals surface area contributed by atoms with Crippen LogP contribution in [0.3, 0.4) is 0 Å². The van der Waals surface area contributed by atoms with Gasteiger partial charge in [-0.15, -0.1) is 0 Å². The van der Waals surface area contributed by atoms with E-state index in [2.05, 4.69) is 18.1 Å². The third-order valence-electron chi connectivity index (χ3n) is 1.57. The Morgan fingerprint density at radius 3 is 2.46 bits per heavy atom. The summed E-state index contributed by atoms with van der Waals surface area (Å²) in [6.45, 7) is 7.16. The fourth-order valence-electron chi connectivity index (χ4n) is 1.03. The van der Waals surface area contributed by atoms with Gasteiger partial charge in [0.2, 0.25) is 5.56 Å².